The summed E-state index contributed by atoms with van der Waals surface area (Å²) in [5.74, 6) is 0.901. The fourth-order valence-corrected chi connectivity index (χ4v) is 3.35. The fourth-order valence-electron chi connectivity index (χ4n) is 2.65. The molecule has 22 heavy (non-hydrogen) atoms. The first-order valence-electron chi connectivity index (χ1n) is 7.77. The van der Waals surface area contributed by atoms with Crippen LogP contribution in [-0.4, -0.2) is 35.6 Å². The molecule has 1 N–H and O–H groups in total. The summed E-state index contributed by atoms with van der Waals surface area (Å²) >= 11 is 1.68. The number of hydrogen-bond acceptors (Lipinski definition) is 5. The third kappa shape index (κ3) is 4.29. The predicted octanol–water partition coefficient (Wildman–Crippen LogP) is 2.82. The van der Waals surface area contributed by atoms with Gasteiger partial charge in [0.2, 0.25) is 0 Å². The maximum atomic E-state index is 5.79. The number of aryl methyl sites for hydroxylation is 1. The maximum absolute atomic E-state index is 5.79. The second kappa shape index (κ2) is 7.22. The molecule has 0 amide bonds. The van der Waals surface area contributed by atoms with Crippen LogP contribution < -0.4 is 10.1 Å². The van der Waals surface area contributed by atoms with Crippen LogP contribution in [0.15, 0.2) is 29.6 Å². The van der Waals surface area contributed by atoms with Crippen molar-refractivity contribution < 1.29 is 4.74 Å². The molecule has 2 aromatic rings. The molecule has 1 aromatic heterocycles. The lowest BCUT2D eigenvalue weighted by atomic mass is 10.2. The van der Waals surface area contributed by atoms with Gasteiger partial charge in [0.15, 0.2) is 0 Å². The Kier molecular flexibility index (Phi) is 5.08. The van der Waals surface area contributed by atoms with Gasteiger partial charge in [-0.1, -0.05) is 17.7 Å². The Morgan fingerprint density at radius 2 is 2.18 bits per heavy atom. The standard InChI is InChI=1S/C17H23N3OS/c1-13-3-5-16(6-4-13)21-11-17-19-15(12-22-17)10-20-8-7-18-14(2)9-20/h3-6,12,14,18H,7-11H2,1-2H3. The molecule has 1 atom stereocenters. The lowest BCUT2D eigenvalue weighted by molar-refractivity contribution is 0.197. The van der Waals surface area contributed by atoms with E-state index < -0.39 is 0 Å². The van der Waals surface area contributed by atoms with Crippen molar-refractivity contribution in [3.8, 4) is 5.75 Å². The summed E-state index contributed by atoms with van der Waals surface area (Å²) in [6, 6.07) is 8.71. The van der Waals surface area contributed by atoms with Crippen LogP contribution in [0.1, 0.15) is 23.2 Å². The highest BCUT2D eigenvalue weighted by Crippen LogP contribution is 2.17. The van der Waals surface area contributed by atoms with E-state index in [-0.39, 0.29) is 0 Å². The van der Waals surface area contributed by atoms with Gasteiger partial charge in [0, 0.05) is 37.6 Å². The molecule has 5 heteroatoms. The minimum Gasteiger partial charge on any atom is -0.486 e. The third-order valence-electron chi connectivity index (χ3n) is 3.82. The molecule has 118 valence electrons. The molecule has 1 aliphatic rings. The monoisotopic (exact) mass is 317 g/mol. The number of hydrogen-bond donors (Lipinski definition) is 1. The van der Waals surface area contributed by atoms with Crippen LogP contribution in [0.25, 0.3) is 0 Å². The van der Waals surface area contributed by atoms with E-state index in [1.54, 1.807) is 11.3 Å². The molecule has 0 saturated carbocycles. The lowest BCUT2D eigenvalue weighted by Gasteiger charge is -2.31. The summed E-state index contributed by atoms with van der Waals surface area (Å²) in [5, 5.41) is 6.66. The minimum atomic E-state index is 0.547. The Bertz CT molecular complexity index is 596. The number of aromatic nitrogens is 1. The van der Waals surface area contributed by atoms with Crippen LogP contribution in [0.3, 0.4) is 0 Å². The zero-order valence-corrected chi connectivity index (χ0v) is 14.0. The van der Waals surface area contributed by atoms with E-state index >= 15 is 0 Å². The molecule has 0 radical (unpaired) electrons. The molecule has 4 nitrogen and oxygen atoms in total. The van der Waals surface area contributed by atoms with Gasteiger partial charge in [-0.25, -0.2) is 4.98 Å². The number of piperazine rings is 1. The molecule has 1 aromatic carbocycles. The van der Waals surface area contributed by atoms with Gasteiger partial charge in [0.1, 0.15) is 17.4 Å². The Balaban J connectivity index is 1.51. The van der Waals surface area contributed by atoms with Gasteiger partial charge in [0.05, 0.1) is 5.69 Å². The van der Waals surface area contributed by atoms with Crippen LogP contribution in [0, 0.1) is 6.92 Å². The zero-order chi connectivity index (χ0) is 15.4. The highest BCUT2D eigenvalue weighted by Gasteiger charge is 2.16. The molecule has 2 heterocycles. The van der Waals surface area contributed by atoms with Crippen molar-refractivity contribution in [2.45, 2.75) is 33.0 Å². The first kappa shape index (κ1) is 15.5. The quantitative estimate of drug-likeness (QED) is 0.920. The van der Waals surface area contributed by atoms with Crippen molar-refractivity contribution in [1.82, 2.24) is 15.2 Å². The smallest absolute Gasteiger partial charge is 0.140 e. The normalized spacial score (nSPS) is 19.3. The average molecular weight is 317 g/mol. The van der Waals surface area contributed by atoms with E-state index in [1.165, 1.54) is 5.56 Å². The molecular weight excluding hydrogens is 294 g/mol. The molecule has 1 aliphatic heterocycles. The Morgan fingerprint density at radius 3 is 2.95 bits per heavy atom. The topological polar surface area (TPSA) is 37.4 Å². The summed E-state index contributed by atoms with van der Waals surface area (Å²) in [6.45, 7) is 9.04. The van der Waals surface area contributed by atoms with Crippen LogP contribution in [-0.2, 0) is 13.2 Å². The average Bonchev–Trinajstić information content (AvgIpc) is 2.94. The molecule has 0 bridgehead atoms. The number of thiazole rings is 1. The zero-order valence-electron chi connectivity index (χ0n) is 13.2. The van der Waals surface area contributed by atoms with Crippen LogP contribution in [0.2, 0.25) is 0 Å². The lowest BCUT2D eigenvalue weighted by Crippen LogP contribution is -2.48. The molecule has 1 fully saturated rings. The highest BCUT2D eigenvalue weighted by molar-refractivity contribution is 7.09. The van der Waals surface area contributed by atoms with E-state index in [1.807, 2.05) is 12.1 Å². The highest BCUT2D eigenvalue weighted by atomic mass is 32.1. The van der Waals surface area contributed by atoms with Crippen molar-refractivity contribution in [3.05, 3.63) is 45.9 Å². The van der Waals surface area contributed by atoms with E-state index in [0.29, 0.717) is 12.6 Å². The number of benzene rings is 1. The van der Waals surface area contributed by atoms with Gasteiger partial charge in [-0.15, -0.1) is 11.3 Å². The summed E-state index contributed by atoms with van der Waals surface area (Å²) in [5.41, 5.74) is 2.40. The number of rotatable bonds is 5. The van der Waals surface area contributed by atoms with E-state index in [0.717, 1.165) is 42.6 Å². The van der Waals surface area contributed by atoms with E-state index in [4.69, 9.17) is 9.72 Å². The molecular formula is C17H23N3OS. The van der Waals surface area contributed by atoms with E-state index in [9.17, 15) is 0 Å². The molecule has 3 rings (SSSR count). The third-order valence-corrected chi connectivity index (χ3v) is 4.69. The van der Waals surface area contributed by atoms with Gasteiger partial charge in [-0.3, -0.25) is 4.90 Å². The second-order valence-electron chi connectivity index (χ2n) is 5.92. The summed E-state index contributed by atoms with van der Waals surface area (Å²) in [6.07, 6.45) is 0. The Morgan fingerprint density at radius 1 is 1.36 bits per heavy atom. The molecule has 1 saturated heterocycles. The number of nitrogens with one attached hydrogen (secondary N) is 1. The van der Waals surface area contributed by atoms with Crippen molar-refractivity contribution in [2.24, 2.45) is 0 Å². The first-order valence-corrected chi connectivity index (χ1v) is 8.65. The van der Waals surface area contributed by atoms with Crippen LogP contribution in [0.4, 0.5) is 0 Å². The van der Waals surface area contributed by atoms with Crippen molar-refractivity contribution in [3.63, 3.8) is 0 Å². The predicted molar refractivity (Wildman–Crippen MR) is 90.4 cm³/mol. The molecule has 1 unspecified atom stereocenters. The summed E-state index contributed by atoms with van der Waals surface area (Å²) in [4.78, 5) is 7.15. The summed E-state index contributed by atoms with van der Waals surface area (Å²) in [7, 11) is 0. The van der Waals surface area contributed by atoms with Gasteiger partial charge < -0.3 is 10.1 Å². The largest absolute Gasteiger partial charge is 0.486 e. The number of nitrogens with zero attached hydrogens (tertiary/aromatic N) is 2. The SMILES string of the molecule is Cc1ccc(OCc2nc(CN3CCNC(C)C3)cs2)cc1. The first-order chi connectivity index (χ1) is 10.7. The summed E-state index contributed by atoms with van der Waals surface area (Å²) < 4.78 is 5.79. The fraction of sp³-hybridized carbons (Fsp3) is 0.471. The van der Waals surface area contributed by atoms with Crippen molar-refractivity contribution in [1.29, 1.82) is 0 Å². The van der Waals surface area contributed by atoms with Crippen molar-refractivity contribution >= 4 is 11.3 Å². The van der Waals surface area contributed by atoms with Gasteiger partial charge in [-0.2, -0.15) is 0 Å². The van der Waals surface area contributed by atoms with Crippen LogP contribution >= 0.6 is 11.3 Å². The minimum absolute atomic E-state index is 0.547. The second-order valence-corrected chi connectivity index (χ2v) is 6.87. The Labute approximate surface area is 136 Å². The van der Waals surface area contributed by atoms with Crippen LogP contribution in [0.5, 0.6) is 5.75 Å². The van der Waals surface area contributed by atoms with Crippen molar-refractivity contribution in [2.75, 3.05) is 19.6 Å². The molecule has 0 aliphatic carbocycles. The van der Waals surface area contributed by atoms with Gasteiger partial charge >= 0.3 is 0 Å². The number of ether oxygens (including phenoxy) is 1. The Hall–Kier alpha value is -1.43. The van der Waals surface area contributed by atoms with Gasteiger partial charge in [0.25, 0.3) is 0 Å². The maximum Gasteiger partial charge on any atom is 0.140 e. The van der Waals surface area contributed by atoms with E-state index in [2.05, 4.69) is 41.6 Å². The molecule has 0 spiro atoms. The van der Waals surface area contributed by atoms with Gasteiger partial charge in [-0.05, 0) is 26.0 Å².